The SMILES string of the molecule is C/C(=C\[C@H](C)[C@@H](C)O[Si](c1ccccc1)(c1ccccc1)C(C)(C)C)CO. The molecule has 0 bridgehead atoms. The fourth-order valence-electron chi connectivity index (χ4n) is 3.71. The minimum atomic E-state index is -2.53. The molecular weight excluding hydrogens is 348 g/mol. The van der Waals surface area contributed by atoms with Gasteiger partial charge in [-0.25, -0.2) is 0 Å². The predicted molar refractivity (Wildman–Crippen MR) is 118 cm³/mol. The lowest BCUT2D eigenvalue weighted by atomic mass is 10.0. The van der Waals surface area contributed by atoms with Gasteiger partial charge in [0.2, 0.25) is 0 Å². The van der Waals surface area contributed by atoms with Crippen LogP contribution in [0.5, 0.6) is 0 Å². The number of benzene rings is 2. The van der Waals surface area contributed by atoms with Gasteiger partial charge in [0.1, 0.15) is 0 Å². The van der Waals surface area contributed by atoms with Crippen LogP contribution in [0.15, 0.2) is 72.3 Å². The third-order valence-electron chi connectivity index (χ3n) is 5.32. The molecule has 0 heterocycles. The van der Waals surface area contributed by atoms with Crippen molar-refractivity contribution in [3.63, 3.8) is 0 Å². The van der Waals surface area contributed by atoms with Gasteiger partial charge in [-0.15, -0.1) is 0 Å². The molecule has 2 aromatic rings. The van der Waals surface area contributed by atoms with Crippen LogP contribution in [-0.2, 0) is 4.43 Å². The van der Waals surface area contributed by atoms with Crippen LogP contribution in [0, 0.1) is 5.92 Å². The highest BCUT2D eigenvalue weighted by molar-refractivity contribution is 6.99. The molecule has 1 N–H and O–H groups in total. The van der Waals surface area contributed by atoms with Crippen molar-refractivity contribution in [2.75, 3.05) is 6.61 Å². The van der Waals surface area contributed by atoms with Crippen LogP contribution in [0.1, 0.15) is 41.5 Å². The first-order valence-electron chi connectivity index (χ1n) is 9.79. The second kappa shape index (κ2) is 9.00. The molecule has 0 radical (unpaired) electrons. The third-order valence-corrected chi connectivity index (χ3v) is 10.4. The Bertz CT molecular complexity index is 692. The monoisotopic (exact) mass is 382 g/mol. The molecule has 0 spiro atoms. The average molecular weight is 383 g/mol. The topological polar surface area (TPSA) is 29.5 Å². The summed E-state index contributed by atoms with van der Waals surface area (Å²) in [5.41, 5.74) is 0.986. The largest absolute Gasteiger partial charge is 0.404 e. The van der Waals surface area contributed by atoms with Gasteiger partial charge in [-0.3, -0.25) is 0 Å². The Balaban J connectivity index is 2.59. The Labute approximate surface area is 166 Å². The molecule has 0 saturated heterocycles. The third kappa shape index (κ3) is 4.78. The van der Waals surface area contributed by atoms with E-state index >= 15 is 0 Å². The summed E-state index contributed by atoms with van der Waals surface area (Å²) in [6.07, 6.45) is 2.17. The molecule has 0 saturated carbocycles. The van der Waals surface area contributed by atoms with Crippen molar-refractivity contribution in [1.82, 2.24) is 0 Å². The van der Waals surface area contributed by atoms with Crippen molar-refractivity contribution in [2.24, 2.45) is 5.92 Å². The molecule has 3 heteroatoms. The molecule has 0 aliphatic heterocycles. The second-order valence-electron chi connectivity index (χ2n) is 8.52. The minimum absolute atomic E-state index is 0.0283. The summed E-state index contributed by atoms with van der Waals surface area (Å²) < 4.78 is 7.09. The van der Waals surface area contributed by atoms with Gasteiger partial charge in [-0.05, 0) is 35.2 Å². The molecule has 146 valence electrons. The molecule has 0 aromatic heterocycles. The van der Waals surface area contributed by atoms with Crippen LogP contribution in [0.25, 0.3) is 0 Å². The van der Waals surface area contributed by atoms with Gasteiger partial charge in [0.25, 0.3) is 8.32 Å². The fraction of sp³-hybridized carbons (Fsp3) is 0.417. The van der Waals surface area contributed by atoms with Gasteiger partial charge in [-0.2, -0.15) is 0 Å². The Kier molecular flexibility index (Phi) is 7.21. The summed E-state index contributed by atoms with van der Waals surface area (Å²) in [5.74, 6) is 0.221. The zero-order chi connectivity index (χ0) is 20.1. The zero-order valence-corrected chi connectivity index (χ0v) is 18.6. The van der Waals surface area contributed by atoms with Crippen molar-refractivity contribution in [3.8, 4) is 0 Å². The number of aliphatic hydroxyl groups is 1. The quantitative estimate of drug-likeness (QED) is 0.563. The van der Waals surface area contributed by atoms with Gasteiger partial charge >= 0.3 is 0 Å². The first-order valence-corrected chi connectivity index (χ1v) is 11.7. The Morgan fingerprint density at radius 3 is 1.78 bits per heavy atom. The van der Waals surface area contributed by atoms with E-state index in [0.717, 1.165) is 5.57 Å². The van der Waals surface area contributed by atoms with E-state index in [1.165, 1.54) is 10.4 Å². The maximum Gasteiger partial charge on any atom is 0.261 e. The molecule has 0 aliphatic rings. The standard InChI is InChI=1S/C24H34O2Si/c1-19(18-25)17-20(2)21(3)26-27(24(4,5)6,22-13-9-7-10-14-22)23-15-11-8-12-16-23/h7-17,20-21,25H,18H2,1-6H3/b19-17+/t20-,21+/m0/s1. The van der Waals surface area contributed by atoms with Crippen LogP contribution >= 0.6 is 0 Å². The van der Waals surface area contributed by atoms with Gasteiger partial charge in [0.15, 0.2) is 0 Å². The van der Waals surface area contributed by atoms with Crippen molar-refractivity contribution >= 4 is 18.7 Å². The summed E-state index contributed by atoms with van der Waals surface area (Å²) in [5, 5.41) is 11.9. The predicted octanol–water partition coefficient (Wildman–Crippen LogP) is 4.53. The molecule has 27 heavy (non-hydrogen) atoms. The summed E-state index contributed by atoms with van der Waals surface area (Å²) in [4.78, 5) is 0. The Morgan fingerprint density at radius 1 is 0.963 bits per heavy atom. The lowest BCUT2D eigenvalue weighted by Crippen LogP contribution is -2.67. The summed E-state index contributed by atoms with van der Waals surface area (Å²) in [7, 11) is -2.53. The summed E-state index contributed by atoms with van der Waals surface area (Å²) in [6, 6.07) is 21.4. The molecule has 2 rings (SSSR count). The maximum atomic E-state index is 9.38. The molecule has 2 nitrogen and oxygen atoms in total. The normalized spacial score (nSPS) is 15.4. The lowest BCUT2D eigenvalue weighted by molar-refractivity contribution is 0.169. The van der Waals surface area contributed by atoms with Crippen LogP contribution < -0.4 is 10.4 Å². The smallest absolute Gasteiger partial charge is 0.261 e. The molecule has 0 unspecified atom stereocenters. The summed E-state index contributed by atoms with van der Waals surface area (Å²) in [6.45, 7) is 13.3. The van der Waals surface area contributed by atoms with Crippen molar-refractivity contribution in [1.29, 1.82) is 0 Å². The summed E-state index contributed by atoms with van der Waals surface area (Å²) >= 11 is 0. The van der Waals surface area contributed by atoms with Gasteiger partial charge in [0, 0.05) is 6.10 Å². The Morgan fingerprint density at radius 2 is 1.41 bits per heavy atom. The van der Waals surface area contributed by atoms with Crippen LogP contribution in [-0.4, -0.2) is 26.1 Å². The average Bonchev–Trinajstić information content (AvgIpc) is 2.66. The molecule has 2 atom stereocenters. The maximum absolute atomic E-state index is 9.38. The number of aliphatic hydroxyl groups excluding tert-OH is 1. The van der Waals surface area contributed by atoms with Crippen molar-refractivity contribution < 1.29 is 9.53 Å². The van der Waals surface area contributed by atoms with E-state index < -0.39 is 8.32 Å². The highest BCUT2D eigenvalue weighted by atomic mass is 28.4. The lowest BCUT2D eigenvalue weighted by Gasteiger charge is -2.45. The van der Waals surface area contributed by atoms with E-state index in [2.05, 4.69) is 101 Å². The van der Waals surface area contributed by atoms with E-state index in [0.29, 0.717) is 0 Å². The highest BCUT2D eigenvalue weighted by Gasteiger charge is 2.51. The zero-order valence-electron chi connectivity index (χ0n) is 17.6. The minimum Gasteiger partial charge on any atom is -0.404 e. The Hall–Kier alpha value is -1.68. The number of hydrogen-bond donors (Lipinski definition) is 1. The molecule has 2 aromatic carbocycles. The van der Waals surface area contributed by atoms with Crippen LogP contribution in [0.4, 0.5) is 0 Å². The first kappa shape index (κ1) is 21.6. The molecule has 0 fully saturated rings. The van der Waals surface area contributed by atoms with Crippen molar-refractivity contribution in [2.45, 2.75) is 52.7 Å². The fourth-order valence-corrected chi connectivity index (χ4v) is 8.50. The van der Waals surface area contributed by atoms with Crippen LogP contribution in [0.2, 0.25) is 5.04 Å². The highest BCUT2D eigenvalue weighted by Crippen LogP contribution is 2.38. The van der Waals surface area contributed by atoms with E-state index in [4.69, 9.17) is 4.43 Å². The number of rotatable bonds is 7. The van der Waals surface area contributed by atoms with E-state index in [9.17, 15) is 5.11 Å². The first-order chi connectivity index (χ1) is 12.7. The van der Waals surface area contributed by atoms with Gasteiger partial charge in [0.05, 0.1) is 6.61 Å². The van der Waals surface area contributed by atoms with Gasteiger partial charge in [-0.1, -0.05) is 100 Å². The molecule has 0 aliphatic carbocycles. The van der Waals surface area contributed by atoms with E-state index in [1.54, 1.807) is 0 Å². The number of hydrogen-bond acceptors (Lipinski definition) is 2. The molecular formula is C24H34O2Si. The second-order valence-corrected chi connectivity index (χ2v) is 12.8. The van der Waals surface area contributed by atoms with Crippen LogP contribution in [0.3, 0.4) is 0 Å². The molecule has 0 amide bonds. The van der Waals surface area contributed by atoms with E-state index in [1.807, 2.05) is 6.92 Å². The van der Waals surface area contributed by atoms with E-state index in [-0.39, 0.29) is 23.7 Å². The van der Waals surface area contributed by atoms with Crippen molar-refractivity contribution in [3.05, 3.63) is 72.3 Å². The van der Waals surface area contributed by atoms with Gasteiger partial charge < -0.3 is 9.53 Å².